The number of rotatable bonds is 6. The number of ether oxygens (including phenoxy) is 2. The number of nitrogens with zero attached hydrogens (tertiary/aromatic N) is 4. The average molecular weight is 401 g/mol. The Labute approximate surface area is 168 Å². The molecular weight excluding hydrogens is 376 g/mol. The lowest BCUT2D eigenvalue weighted by Gasteiger charge is -2.22. The van der Waals surface area contributed by atoms with Crippen molar-refractivity contribution < 1.29 is 13.9 Å². The van der Waals surface area contributed by atoms with Crippen LogP contribution in [0.1, 0.15) is 24.7 Å². The molecule has 1 aliphatic rings. The van der Waals surface area contributed by atoms with Gasteiger partial charge < -0.3 is 18.5 Å². The summed E-state index contributed by atoms with van der Waals surface area (Å²) in [5, 5.41) is 9.60. The summed E-state index contributed by atoms with van der Waals surface area (Å²) >= 11 is 1.47. The Bertz CT molecular complexity index is 939. The van der Waals surface area contributed by atoms with E-state index in [0.717, 1.165) is 59.1 Å². The maximum atomic E-state index is 6.21. The third-order valence-corrected chi connectivity index (χ3v) is 5.72. The van der Waals surface area contributed by atoms with Gasteiger partial charge in [0.2, 0.25) is 0 Å². The Morgan fingerprint density at radius 3 is 2.93 bits per heavy atom. The number of aromatic nitrogens is 3. The van der Waals surface area contributed by atoms with Crippen molar-refractivity contribution in [2.24, 2.45) is 7.05 Å². The standard InChI is InChI=1S/C20H24N4O3S/c1-4-15-11-24(10-14-9-16(25-3)5-7-18(14)26-15)12-17-6-8-19(27-17)28-20-22-21-13-23(20)2/h5-9,13,15H,4,10-12H2,1-3H3. The molecule has 0 saturated heterocycles. The Morgan fingerprint density at radius 2 is 2.18 bits per heavy atom. The molecule has 2 aromatic heterocycles. The average Bonchev–Trinajstić information content (AvgIpc) is 3.26. The highest BCUT2D eigenvalue weighted by atomic mass is 32.2. The lowest BCUT2D eigenvalue weighted by molar-refractivity contribution is 0.133. The van der Waals surface area contributed by atoms with Gasteiger partial charge in [-0.05, 0) is 48.5 Å². The number of hydrogen-bond acceptors (Lipinski definition) is 7. The molecule has 3 heterocycles. The maximum Gasteiger partial charge on any atom is 0.198 e. The van der Waals surface area contributed by atoms with E-state index in [-0.39, 0.29) is 6.10 Å². The predicted octanol–water partition coefficient (Wildman–Crippen LogP) is 3.74. The van der Waals surface area contributed by atoms with E-state index in [4.69, 9.17) is 13.9 Å². The number of hydrogen-bond donors (Lipinski definition) is 0. The zero-order valence-corrected chi connectivity index (χ0v) is 17.1. The van der Waals surface area contributed by atoms with Crippen molar-refractivity contribution in [2.75, 3.05) is 13.7 Å². The minimum atomic E-state index is 0.150. The first kappa shape index (κ1) is 18.9. The van der Waals surface area contributed by atoms with E-state index in [2.05, 4.69) is 28.1 Å². The van der Waals surface area contributed by atoms with Crippen LogP contribution in [0.4, 0.5) is 0 Å². The molecule has 28 heavy (non-hydrogen) atoms. The predicted molar refractivity (Wildman–Crippen MR) is 106 cm³/mol. The first-order chi connectivity index (χ1) is 13.6. The molecule has 7 nitrogen and oxygen atoms in total. The molecule has 0 bridgehead atoms. The van der Waals surface area contributed by atoms with Crippen molar-refractivity contribution in [2.45, 2.75) is 42.8 Å². The second-order valence-electron chi connectivity index (χ2n) is 6.84. The minimum absolute atomic E-state index is 0.150. The van der Waals surface area contributed by atoms with Gasteiger partial charge >= 0.3 is 0 Å². The molecule has 0 fully saturated rings. The van der Waals surface area contributed by atoms with Crippen molar-refractivity contribution in [3.63, 3.8) is 0 Å². The zero-order chi connectivity index (χ0) is 19.5. The van der Waals surface area contributed by atoms with Crippen LogP contribution >= 0.6 is 11.8 Å². The number of aryl methyl sites for hydroxylation is 1. The van der Waals surface area contributed by atoms with Gasteiger partial charge in [-0.1, -0.05) is 6.92 Å². The number of benzene rings is 1. The SMILES string of the molecule is CCC1CN(Cc2ccc(Sc3nncn3C)o2)Cc2cc(OC)ccc2O1. The lowest BCUT2D eigenvalue weighted by atomic mass is 10.1. The maximum absolute atomic E-state index is 6.21. The van der Waals surface area contributed by atoms with Crippen LogP contribution in [-0.2, 0) is 20.1 Å². The molecular formula is C20H24N4O3S. The van der Waals surface area contributed by atoms with Crippen LogP contribution in [0.2, 0.25) is 0 Å². The van der Waals surface area contributed by atoms with Crippen LogP contribution in [0, 0.1) is 0 Å². The Kier molecular flexibility index (Phi) is 5.59. The third kappa shape index (κ3) is 4.18. The van der Waals surface area contributed by atoms with Gasteiger partial charge in [-0.25, -0.2) is 0 Å². The quantitative estimate of drug-likeness (QED) is 0.624. The van der Waals surface area contributed by atoms with Gasteiger partial charge in [0.05, 0.1) is 13.7 Å². The van der Waals surface area contributed by atoms with Crippen LogP contribution in [0.3, 0.4) is 0 Å². The van der Waals surface area contributed by atoms with Gasteiger partial charge in [0, 0.05) is 25.7 Å². The second kappa shape index (κ2) is 8.28. The Balaban J connectivity index is 1.49. The number of methoxy groups -OCH3 is 1. The van der Waals surface area contributed by atoms with E-state index in [9.17, 15) is 0 Å². The molecule has 1 aromatic carbocycles. The van der Waals surface area contributed by atoms with Crippen LogP contribution in [0.15, 0.2) is 51.3 Å². The van der Waals surface area contributed by atoms with Crippen LogP contribution in [0.5, 0.6) is 11.5 Å². The normalized spacial score (nSPS) is 17.0. The Morgan fingerprint density at radius 1 is 1.29 bits per heavy atom. The highest BCUT2D eigenvalue weighted by molar-refractivity contribution is 7.99. The summed E-state index contributed by atoms with van der Waals surface area (Å²) in [5.41, 5.74) is 1.13. The van der Waals surface area contributed by atoms with Crippen molar-refractivity contribution in [1.29, 1.82) is 0 Å². The van der Waals surface area contributed by atoms with E-state index < -0.39 is 0 Å². The summed E-state index contributed by atoms with van der Waals surface area (Å²) in [6.45, 7) is 4.51. The summed E-state index contributed by atoms with van der Waals surface area (Å²) < 4.78 is 19.5. The molecule has 148 valence electrons. The third-order valence-electron chi connectivity index (χ3n) is 4.75. The van der Waals surface area contributed by atoms with E-state index in [1.807, 2.05) is 35.9 Å². The summed E-state index contributed by atoms with van der Waals surface area (Å²) in [6.07, 6.45) is 2.78. The molecule has 0 radical (unpaired) electrons. The van der Waals surface area contributed by atoms with Gasteiger partial charge in [-0.3, -0.25) is 4.90 Å². The molecule has 1 aliphatic heterocycles. The molecule has 0 N–H and O–H groups in total. The molecule has 0 saturated carbocycles. The van der Waals surface area contributed by atoms with Crippen molar-refractivity contribution in [3.05, 3.63) is 48.0 Å². The summed E-state index contributed by atoms with van der Waals surface area (Å²) in [4.78, 5) is 2.36. The first-order valence-corrected chi connectivity index (χ1v) is 10.1. The fourth-order valence-electron chi connectivity index (χ4n) is 3.24. The van der Waals surface area contributed by atoms with Crippen molar-refractivity contribution >= 4 is 11.8 Å². The van der Waals surface area contributed by atoms with Gasteiger partial charge in [0.15, 0.2) is 10.2 Å². The first-order valence-electron chi connectivity index (χ1n) is 9.31. The van der Waals surface area contributed by atoms with Gasteiger partial charge in [-0.15, -0.1) is 10.2 Å². The van der Waals surface area contributed by atoms with Gasteiger partial charge in [-0.2, -0.15) is 0 Å². The van der Waals surface area contributed by atoms with E-state index in [1.54, 1.807) is 13.4 Å². The fourth-order valence-corrected chi connectivity index (χ4v) is 3.98. The highest BCUT2D eigenvalue weighted by Crippen LogP contribution is 2.31. The lowest BCUT2D eigenvalue weighted by Crippen LogP contribution is -2.31. The molecule has 3 aromatic rings. The van der Waals surface area contributed by atoms with Gasteiger partial charge in [0.1, 0.15) is 29.7 Å². The van der Waals surface area contributed by atoms with E-state index >= 15 is 0 Å². The topological polar surface area (TPSA) is 65.6 Å². The molecule has 0 spiro atoms. The minimum Gasteiger partial charge on any atom is -0.497 e. The molecule has 0 amide bonds. The smallest absolute Gasteiger partial charge is 0.198 e. The second-order valence-corrected chi connectivity index (χ2v) is 7.81. The summed E-state index contributed by atoms with van der Waals surface area (Å²) in [7, 11) is 3.60. The number of fused-ring (bicyclic) bond motifs is 1. The fraction of sp³-hybridized carbons (Fsp3) is 0.400. The molecule has 1 unspecified atom stereocenters. The monoisotopic (exact) mass is 400 g/mol. The van der Waals surface area contributed by atoms with Crippen molar-refractivity contribution in [1.82, 2.24) is 19.7 Å². The van der Waals surface area contributed by atoms with Crippen molar-refractivity contribution in [3.8, 4) is 11.5 Å². The molecule has 0 aliphatic carbocycles. The highest BCUT2D eigenvalue weighted by Gasteiger charge is 2.23. The largest absolute Gasteiger partial charge is 0.497 e. The van der Waals surface area contributed by atoms with Gasteiger partial charge in [0.25, 0.3) is 0 Å². The summed E-state index contributed by atoms with van der Waals surface area (Å²) in [6, 6.07) is 10.0. The molecule has 8 heteroatoms. The van der Waals surface area contributed by atoms with E-state index in [0.29, 0.717) is 0 Å². The Hall–Kier alpha value is -2.45. The van der Waals surface area contributed by atoms with E-state index in [1.165, 1.54) is 11.8 Å². The van der Waals surface area contributed by atoms with Crippen LogP contribution in [0.25, 0.3) is 0 Å². The van der Waals surface area contributed by atoms with Crippen LogP contribution < -0.4 is 9.47 Å². The zero-order valence-electron chi connectivity index (χ0n) is 16.3. The molecule has 4 rings (SSSR count). The number of furan rings is 1. The van der Waals surface area contributed by atoms with Crippen LogP contribution in [-0.4, -0.2) is 39.4 Å². The summed E-state index contributed by atoms with van der Waals surface area (Å²) in [5.74, 6) is 2.71. The molecule has 1 atom stereocenters.